The van der Waals surface area contributed by atoms with Crippen molar-refractivity contribution in [2.75, 3.05) is 0 Å². The molecule has 22 heavy (non-hydrogen) atoms. The van der Waals surface area contributed by atoms with Crippen molar-refractivity contribution in [2.45, 2.75) is 58.7 Å². The van der Waals surface area contributed by atoms with Crippen molar-refractivity contribution in [3.63, 3.8) is 0 Å². The highest BCUT2D eigenvalue weighted by atomic mass is 16.5. The van der Waals surface area contributed by atoms with Crippen LogP contribution in [0.3, 0.4) is 0 Å². The largest absolute Gasteiger partial charge is 0.487 e. The topological polar surface area (TPSA) is 55.5 Å². The number of hydrogen-bond acceptors (Lipinski definition) is 4. The van der Waals surface area contributed by atoms with Gasteiger partial charge in [0.05, 0.1) is 6.10 Å². The Morgan fingerprint density at radius 2 is 1.91 bits per heavy atom. The summed E-state index contributed by atoms with van der Waals surface area (Å²) in [6.45, 7) is 8.46. The Hall–Kier alpha value is -1.81. The second-order valence-electron chi connectivity index (χ2n) is 6.75. The quantitative estimate of drug-likeness (QED) is 0.880. The maximum absolute atomic E-state index is 9.30. The smallest absolute Gasteiger partial charge is 0.142 e. The number of aromatic nitrogens is 1. The van der Waals surface area contributed by atoms with Gasteiger partial charge in [-0.3, -0.25) is 0 Å². The van der Waals surface area contributed by atoms with Gasteiger partial charge in [-0.2, -0.15) is 0 Å². The Kier molecular flexibility index (Phi) is 5.24. The van der Waals surface area contributed by atoms with E-state index < -0.39 is 0 Å². The van der Waals surface area contributed by atoms with Crippen LogP contribution in [0, 0.1) is 0 Å². The molecular weight excluding hydrogens is 278 g/mol. The number of rotatable bonds is 6. The molecule has 1 atom stereocenters. The van der Waals surface area contributed by atoms with E-state index in [9.17, 15) is 5.11 Å². The first-order valence-corrected chi connectivity index (χ1v) is 7.70. The molecule has 0 amide bonds. The molecule has 1 aromatic heterocycles. The summed E-state index contributed by atoms with van der Waals surface area (Å²) < 4.78 is 11.1. The summed E-state index contributed by atoms with van der Waals surface area (Å²) >= 11 is 0. The van der Waals surface area contributed by atoms with E-state index in [1.165, 1.54) is 5.56 Å². The molecule has 2 aromatic rings. The van der Waals surface area contributed by atoms with E-state index in [1.807, 2.05) is 30.3 Å². The third-order valence-electron chi connectivity index (χ3n) is 3.46. The molecule has 0 saturated heterocycles. The summed E-state index contributed by atoms with van der Waals surface area (Å²) in [4.78, 5) is 0. The molecule has 0 unspecified atom stereocenters. The van der Waals surface area contributed by atoms with Crippen LogP contribution in [0.1, 0.15) is 51.1 Å². The second-order valence-corrected chi connectivity index (χ2v) is 6.75. The average Bonchev–Trinajstić information content (AvgIpc) is 2.93. The molecule has 0 fully saturated rings. The Bertz CT molecular complexity index is 579. The molecular formula is C18H25NO3. The van der Waals surface area contributed by atoms with Crippen LogP contribution in [0.4, 0.5) is 0 Å². The molecule has 0 radical (unpaired) electrons. The van der Waals surface area contributed by atoms with Gasteiger partial charge in [0.1, 0.15) is 23.8 Å². The monoisotopic (exact) mass is 303 g/mol. The Morgan fingerprint density at radius 3 is 2.45 bits per heavy atom. The van der Waals surface area contributed by atoms with Crippen molar-refractivity contribution < 1.29 is 14.4 Å². The Morgan fingerprint density at radius 1 is 1.23 bits per heavy atom. The standard InChI is InChI=1S/C18H25NO3/c1-13(20)5-6-14-7-9-16(10-8-14)21-12-15-11-17(22-19-15)18(2,3)4/h7-11,13,20H,5-6,12H2,1-4H3/t13-/m1/s1. The molecule has 0 aliphatic carbocycles. The van der Waals surface area contributed by atoms with Gasteiger partial charge in [0.2, 0.25) is 0 Å². The number of aliphatic hydroxyl groups is 1. The van der Waals surface area contributed by atoms with E-state index in [1.54, 1.807) is 6.92 Å². The highest BCUT2D eigenvalue weighted by molar-refractivity contribution is 5.27. The molecule has 4 heteroatoms. The zero-order valence-corrected chi connectivity index (χ0v) is 13.8. The van der Waals surface area contributed by atoms with Crippen molar-refractivity contribution in [3.8, 4) is 5.75 Å². The minimum atomic E-state index is -0.264. The molecule has 0 saturated carbocycles. The van der Waals surface area contributed by atoms with E-state index in [0.29, 0.717) is 6.61 Å². The van der Waals surface area contributed by atoms with Crippen LogP contribution in [-0.2, 0) is 18.4 Å². The summed E-state index contributed by atoms with van der Waals surface area (Å²) in [5, 5.41) is 13.3. The molecule has 1 N–H and O–H groups in total. The van der Waals surface area contributed by atoms with Gasteiger partial charge in [-0.1, -0.05) is 38.1 Å². The summed E-state index contributed by atoms with van der Waals surface area (Å²) in [5.41, 5.74) is 1.95. The molecule has 0 spiro atoms. The third-order valence-corrected chi connectivity index (χ3v) is 3.46. The molecule has 4 nitrogen and oxygen atoms in total. The molecule has 120 valence electrons. The summed E-state index contributed by atoms with van der Waals surface area (Å²) in [6.07, 6.45) is 1.38. The highest BCUT2D eigenvalue weighted by Gasteiger charge is 2.19. The van der Waals surface area contributed by atoms with Crippen LogP contribution in [-0.4, -0.2) is 16.4 Å². The van der Waals surface area contributed by atoms with Crippen molar-refractivity contribution >= 4 is 0 Å². The second kappa shape index (κ2) is 6.97. The van der Waals surface area contributed by atoms with E-state index in [0.717, 1.165) is 30.0 Å². The van der Waals surface area contributed by atoms with E-state index in [2.05, 4.69) is 25.9 Å². The highest BCUT2D eigenvalue weighted by Crippen LogP contribution is 2.23. The lowest BCUT2D eigenvalue weighted by molar-refractivity contribution is 0.185. The van der Waals surface area contributed by atoms with Crippen molar-refractivity contribution in [3.05, 3.63) is 47.3 Å². The minimum Gasteiger partial charge on any atom is -0.487 e. The fourth-order valence-electron chi connectivity index (χ4n) is 2.02. The van der Waals surface area contributed by atoms with Gasteiger partial charge in [-0.05, 0) is 37.5 Å². The number of nitrogens with zero attached hydrogens (tertiary/aromatic N) is 1. The van der Waals surface area contributed by atoms with Gasteiger partial charge in [0.15, 0.2) is 0 Å². The maximum atomic E-state index is 9.30. The van der Waals surface area contributed by atoms with Crippen LogP contribution in [0.2, 0.25) is 0 Å². The SMILES string of the molecule is C[C@@H](O)CCc1ccc(OCc2cc(C(C)(C)C)on2)cc1. The van der Waals surface area contributed by atoms with Crippen LogP contribution in [0.15, 0.2) is 34.9 Å². The summed E-state index contributed by atoms with van der Waals surface area (Å²) in [5.74, 6) is 1.67. The third kappa shape index (κ3) is 4.88. The van der Waals surface area contributed by atoms with E-state index >= 15 is 0 Å². The molecule has 0 bridgehead atoms. The maximum Gasteiger partial charge on any atom is 0.142 e. The van der Waals surface area contributed by atoms with Gasteiger partial charge >= 0.3 is 0 Å². The van der Waals surface area contributed by atoms with Gasteiger partial charge in [-0.25, -0.2) is 0 Å². The predicted octanol–water partition coefficient (Wildman–Crippen LogP) is 3.86. The van der Waals surface area contributed by atoms with Crippen molar-refractivity contribution in [2.24, 2.45) is 0 Å². The van der Waals surface area contributed by atoms with E-state index in [4.69, 9.17) is 9.26 Å². The van der Waals surface area contributed by atoms with Gasteiger partial charge in [0, 0.05) is 11.5 Å². The Labute approximate surface area is 132 Å². The normalized spacial score (nSPS) is 13.1. The molecule has 0 aliphatic rings. The van der Waals surface area contributed by atoms with E-state index in [-0.39, 0.29) is 11.5 Å². The first-order valence-electron chi connectivity index (χ1n) is 7.70. The zero-order valence-electron chi connectivity index (χ0n) is 13.8. The Balaban J connectivity index is 1.88. The summed E-state index contributed by atoms with van der Waals surface area (Å²) in [6, 6.07) is 9.89. The first kappa shape index (κ1) is 16.6. The number of hydrogen-bond donors (Lipinski definition) is 1. The molecule has 2 rings (SSSR count). The van der Waals surface area contributed by atoms with Crippen LogP contribution in [0.5, 0.6) is 5.75 Å². The number of benzene rings is 1. The average molecular weight is 303 g/mol. The fourth-order valence-corrected chi connectivity index (χ4v) is 2.02. The van der Waals surface area contributed by atoms with Gasteiger partial charge in [0.25, 0.3) is 0 Å². The lowest BCUT2D eigenvalue weighted by Crippen LogP contribution is -2.09. The van der Waals surface area contributed by atoms with Crippen LogP contribution < -0.4 is 4.74 Å². The van der Waals surface area contributed by atoms with Crippen LogP contribution >= 0.6 is 0 Å². The number of aliphatic hydroxyl groups excluding tert-OH is 1. The molecule has 1 heterocycles. The fraction of sp³-hybridized carbons (Fsp3) is 0.500. The lowest BCUT2D eigenvalue weighted by Gasteiger charge is -2.12. The van der Waals surface area contributed by atoms with Crippen molar-refractivity contribution in [1.82, 2.24) is 5.16 Å². The van der Waals surface area contributed by atoms with Crippen molar-refractivity contribution in [1.29, 1.82) is 0 Å². The minimum absolute atomic E-state index is 0.0449. The van der Waals surface area contributed by atoms with Gasteiger partial charge in [-0.15, -0.1) is 0 Å². The first-order chi connectivity index (χ1) is 10.3. The molecule has 0 aliphatic heterocycles. The lowest BCUT2D eigenvalue weighted by atomic mass is 9.93. The molecule has 1 aromatic carbocycles. The number of ether oxygens (including phenoxy) is 1. The number of aryl methyl sites for hydroxylation is 1. The van der Waals surface area contributed by atoms with Crippen LogP contribution in [0.25, 0.3) is 0 Å². The summed E-state index contributed by atoms with van der Waals surface area (Å²) in [7, 11) is 0. The predicted molar refractivity (Wildman–Crippen MR) is 86.0 cm³/mol. The zero-order chi connectivity index (χ0) is 16.2. The van der Waals surface area contributed by atoms with Gasteiger partial charge < -0.3 is 14.4 Å².